The Balaban J connectivity index is 2.39. The fraction of sp³-hybridized carbons (Fsp3) is 0.267. The monoisotopic (exact) mass is 243 g/mol. The summed E-state index contributed by atoms with van der Waals surface area (Å²) in [7, 11) is 0. The number of ether oxygens (including phenoxy) is 1. The van der Waals surface area contributed by atoms with Crippen molar-refractivity contribution in [2.45, 2.75) is 19.4 Å². The molecule has 0 spiro atoms. The molecule has 1 amide bonds. The lowest BCUT2D eigenvalue weighted by molar-refractivity contribution is 0.0589. The molecule has 0 aliphatic carbocycles. The van der Waals surface area contributed by atoms with Gasteiger partial charge in [-0.15, -0.1) is 6.58 Å². The fourth-order valence-electron chi connectivity index (χ4n) is 2.04. The summed E-state index contributed by atoms with van der Waals surface area (Å²) < 4.78 is 5.50. The van der Waals surface area contributed by atoms with Gasteiger partial charge in [-0.2, -0.15) is 0 Å². The molecule has 1 aromatic rings. The van der Waals surface area contributed by atoms with Crippen LogP contribution in [0.5, 0.6) is 0 Å². The first-order valence-corrected chi connectivity index (χ1v) is 5.91. The van der Waals surface area contributed by atoms with Crippen molar-refractivity contribution >= 4 is 11.8 Å². The van der Waals surface area contributed by atoms with E-state index < -0.39 is 5.60 Å². The molecular formula is C15H17NO2. The summed E-state index contributed by atoms with van der Waals surface area (Å²) >= 11 is 0. The lowest BCUT2D eigenvalue weighted by Crippen LogP contribution is -2.34. The Bertz CT molecular complexity index is 494. The van der Waals surface area contributed by atoms with Gasteiger partial charge in [-0.05, 0) is 19.1 Å². The molecule has 3 nitrogen and oxygen atoms in total. The third-order valence-electron chi connectivity index (χ3n) is 3.56. The fourth-order valence-corrected chi connectivity index (χ4v) is 2.04. The van der Waals surface area contributed by atoms with Gasteiger partial charge in [-0.1, -0.05) is 37.8 Å². The third-order valence-corrected chi connectivity index (χ3v) is 3.56. The number of nitrogens with zero attached hydrogens (tertiary/aromatic N) is 1. The average Bonchev–Trinajstić information content (AvgIpc) is 2.61. The lowest BCUT2D eigenvalue weighted by atomic mass is 9.88. The summed E-state index contributed by atoms with van der Waals surface area (Å²) in [6.45, 7) is 11.6. The SMILES string of the molecule is C=C[C@@H](C)[C@]1(C)OC(=O)N(c2ccccc2)C1=C. The summed E-state index contributed by atoms with van der Waals surface area (Å²) in [6, 6.07) is 9.37. The van der Waals surface area contributed by atoms with Gasteiger partial charge in [0.05, 0.1) is 11.4 Å². The van der Waals surface area contributed by atoms with Crippen molar-refractivity contribution in [1.29, 1.82) is 0 Å². The van der Waals surface area contributed by atoms with Gasteiger partial charge in [0.1, 0.15) is 0 Å². The maximum Gasteiger partial charge on any atom is 0.419 e. The van der Waals surface area contributed by atoms with Crippen LogP contribution >= 0.6 is 0 Å². The molecule has 94 valence electrons. The number of hydrogen-bond acceptors (Lipinski definition) is 2. The molecule has 1 aliphatic heterocycles. The van der Waals surface area contributed by atoms with Gasteiger partial charge in [-0.3, -0.25) is 0 Å². The zero-order valence-corrected chi connectivity index (χ0v) is 10.7. The number of cyclic esters (lactones) is 1. The Morgan fingerprint density at radius 1 is 1.39 bits per heavy atom. The Labute approximate surface area is 107 Å². The molecule has 18 heavy (non-hydrogen) atoms. The first-order chi connectivity index (χ1) is 8.50. The van der Waals surface area contributed by atoms with Crippen LogP contribution < -0.4 is 4.90 Å². The van der Waals surface area contributed by atoms with Crippen molar-refractivity contribution < 1.29 is 9.53 Å². The summed E-state index contributed by atoms with van der Waals surface area (Å²) in [4.78, 5) is 13.5. The number of anilines is 1. The van der Waals surface area contributed by atoms with Gasteiger partial charge < -0.3 is 4.74 Å². The van der Waals surface area contributed by atoms with Crippen LogP contribution in [0.3, 0.4) is 0 Å². The Hall–Kier alpha value is -2.03. The molecule has 2 atom stereocenters. The molecular weight excluding hydrogens is 226 g/mol. The molecule has 0 radical (unpaired) electrons. The second kappa shape index (κ2) is 4.33. The molecule has 3 heteroatoms. The average molecular weight is 243 g/mol. The molecule has 0 saturated carbocycles. The third kappa shape index (κ3) is 1.72. The van der Waals surface area contributed by atoms with Crippen LogP contribution in [0.4, 0.5) is 10.5 Å². The van der Waals surface area contributed by atoms with Gasteiger partial charge in [0.15, 0.2) is 5.60 Å². The smallest absolute Gasteiger partial charge is 0.419 e. The largest absolute Gasteiger partial charge is 0.436 e. The highest BCUT2D eigenvalue weighted by Crippen LogP contribution is 2.40. The highest BCUT2D eigenvalue weighted by Gasteiger charge is 2.48. The van der Waals surface area contributed by atoms with E-state index in [-0.39, 0.29) is 12.0 Å². The summed E-state index contributed by atoms with van der Waals surface area (Å²) in [6.07, 6.45) is 1.38. The van der Waals surface area contributed by atoms with E-state index in [9.17, 15) is 4.79 Å². The van der Waals surface area contributed by atoms with Crippen LogP contribution in [0.15, 0.2) is 55.3 Å². The maximum absolute atomic E-state index is 12.0. The van der Waals surface area contributed by atoms with Gasteiger partial charge in [0, 0.05) is 5.92 Å². The molecule has 1 aromatic carbocycles. The van der Waals surface area contributed by atoms with Gasteiger partial charge in [0.2, 0.25) is 0 Å². The molecule has 2 rings (SSSR count). The van der Waals surface area contributed by atoms with Crippen LogP contribution in [0.1, 0.15) is 13.8 Å². The Morgan fingerprint density at radius 2 is 2.00 bits per heavy atom. The van der Waals surface area contributed by atoms with E-state index in [0.717, 1.165) is 5.69 Å². The van der Waals surface area contributed by atoms with E-state index in [1.807, 2.05) is 44.2 Å². The second-order valence-corrected chi connectivity index (χ2v) is 4.62. The molecule has 1 saturated heterocycles. The minimum atomic E-state index is -0.728. The predicted octanol–water partition coefficient (Wildman–Crippen LogP) is 3.74. The Morgan fingerprint density at radius 3 is 2.56 bits per heavy atom. The van der Waals surface area contributed by atoms with E-state index in [0.29, 0.717) is 5.70 Å². The topological polar surface area (TPSA) is 29.5 Å². The van der Waals surface area contributed by atoms with Crippen molar-refractivity contribution in [3.63, 3.8) is 0 Å². The molecule has 0 unspecified atom stereocenters. The number of carbonyl (C=O) groups excluding carboxylic acids is 1. The van der Waals surface area contributed by atoms with Gasteiger partial charge in [0.25, 0.3) is 0 Å². The number of para-hydroxylation sites is 1. The Kier molecular flexibility index (Phi) is 2.99. The van der Waals surface area contributed by atoms with Crippen molar-refractivity contribution in [1.82, 2.24) is 0 Å². The summed E-state index contributed by atoms with van der Waals surface area (Å²) in [5.74, 6) is 0.00247. The quantitative estimate of drug-likeness (QED) is 0.757. The van der Waals surface area contributed by atoms with E-state index in [1.165, 1.54) is 4.90 Å². The van der Waals surface area contributed by atoms with Crippen molar-refractivity contribution in [3.05, 3.63) is 55.3 Å². The standard InChI is InChI=1S/C15H17NO2/c1-5-11(2)15(4)12(3)16(14(17)18-15)13-9-7-6-8-10-13/h5-11H,1,3H2,2,4H3/t11-,15+/m1/s1. The van der Waals surface area contributed by atoms with Crippen LogP contribution in [0, 0.1) is 5.92 Å². The zero-order valence-electron chi connectivity index (χ0n) is 10.7. The van der Waals surface area contributed by atoms with Crippen molar-refractivity contribution in [2.24, 2.45) is 5.92 Å². The van der Waals surface area contributed by atoms with Crippen LogP contribution in [-0.4, -0.2) is 11.7 Å². The molecule has 1 heterocycles. The van der Waals surface area contributed by atoms with E-state index in [4.69, 9.17) is 4.74 Å². The number of carbonyl (C=O) groups is 1. The second-order valence-electron chi connectivity index (χ2n) is 4.62. The van der Waals surface area contributed by atoms with E-state index >= 15 is 0 Å². The first-order valence-electron chi connectivity index (χ1n) is 5.91. The van der Waals surface area contributed by atoms with Gasteiger partial charge in [-0.25, -0.2) is 9.69 Å². The normalized spacial score (nSPS) is 24.9. The highest BCUT2D eigenvalue weighted by atomic mass is 16.6. The predicted molar refractivity (Wildman–Crippen MR) is 72.3 cm³/mol. The molecule has 1 aliphatic rings. The van der Waals surface area contributed by atoms with Crippen molar-refractivity contribution in [3.8, 4) is 0 Å². The van der Waals surface area contributed by atoms with Crippen LogP contribution in [-0.2, 0) is 4.74 Å². The van der Waals surface area contributed by atoms with E-state index in [1.54, 1.807) is 6.08 Å². The summed E-state index contributed by atoms with van der Waals surface area (Å²) in [5, 5.41) is 0. The number of rotatable bonds is 3. The number of amides is 1. The minimum Gasteiger partial charge on any atom is -0.436 e. The van der Waals surface area contributed by atoms with Gasteiger partial charge >= 0.3 is 6.09 Å². The van der Waals surface area contributed by atoms with Crippen LogP contribution in [0.25, 0.3) is 0 Å². The lowest BCUT2D eigenvalue weighted by Gasteiger charge is -2.28. The van der Waals surface area contributed by atoms with Crippen LogP contribution in [0.2, 0.25) is 0 Å². The van der Waals surface area contributed by atoms with E-state index in [2.05, 4.69) is 13.2 Å². The molecule has 0 N–H and O–H groups in total. The number of benzene rings is 1. The molecule has 0 aromatic heterocycles. The highest BCUT2D eigenvalue weighted by molar-refractivity contribution is 5.95. The van der Waals surface area contributed by atoms with Crippen molar-refractivity contribution in [2.75, 3.05) is 4.90 Å². The first kappa shape index (κ1) is 12.4. The maximum atomic E-state index is 12.0. The zero-order chi connectivity index (χ0) is 13.3. The minimum absolute atomic E-state index is 0.00247. The molecule has 0 bridgehead atoms. The summed E-state index contributed by atoms with van der Waals surface area (Å²) in [5.41, 5.74) is 0.688. The number of hydrogen-bond donors (Lipinski definition) is 0. The molecule has 1 fully saturated rings.